The number of fused-ring (bicyclic) bond motifs is 1. The van der Waals surface area contributed by atoms with Crippen molar-refractivity contribution >= 4 is 22.9 Å². The Labute approximate surface area is 75.6 Å². The largest absolute Gasteiger partial charge is 0.302 e. The topological polar surface area (TPSA) is 3.24 Å². The SMILES string of the molecule is CN1CCc2sc(Cl)cc2C1. The Balaban J connectivity index is 2.34. The van der Waals surface area contributed by atoms with E-state index >= 15 is 0 Å². The molecule has 0 N–H and O–H groups in total. The highest BCUT2D eigenvalue weighted by atomic mass is 35.5. The fourth-order valence-corrected chi connectivity index (χ4v) is 2.73. The highest BCUT2D eigenvalue weighted by molar-refractivity contribution is 7.16. The van der Waals surface area contributed by atoms with Gasteiger partial charge in [0.15, 0.2) is 0 Å². The fourth-order valence-electron chi connectivity index (χ4n) is 1.44. The molecule has 1 aromatic heterocycles. The van der Waals surface area contributed by atoms with Crippen molar-refractivity contribution in [1.82, 2.24) is 4.90 Å². The Morgan fingerprint density at radius 1 is 1.64 bits per heavy atom. The Morgan fingerprint density at radius 2 is 2.45 bits per heavy atom. The summed E-state index contributed by atoms with van der Waals surface area (Å²) >= 11 is 7.63. The van der Waals surface area contributed by atoms with Crippen LogP contribution in [0.2, 0.25) is 4.34 Å². The zero-order valence-electron chi connectivity index (χ0n) is 6.43. The van der Waals surface area contributed by atoms with Gasteiger partial charge in [-0.25, -0.2) is 0 Å². The van der Waals surface area contributed by atoms with E-state index in [1.165, 1.54) is 23.4 Å². The summed E-state index contributed by atoms with van der Waals surface area (Å²) in [6, 6.07) is 2.09. The second-order valence-electron chi connectivity index (χ2n) is 2.99. The number of hydrogen-bond acceptors (Lipinski definition) is 2. The van der Waals surface area contributed by atoms with Gasteiger partial charge in [0.05, 0.1) is 4.34 Å². The molecule has 0 aliphatic carbocycles. The summed E-state index contributed by atoms with van der Waals surface area (Å²) < 4.78 is 0.935. The second-order valence-corrected chi connectivity index (χ2v) is 4.75. The van der Waals surface area contributed by atoms with Gasteiger partial charge in [0.1, 0.15) is 0 Å². The third-order valence-electron chi connectivity index (χ3n) is 2.03. The van der Waals surface area contributed by atoms with Gasteiger partial charge < -0.3 is 4.90 Å². The first-order valence-corrected chi connectivity index (χ1v) is 4.91. The average molecular weight is 188 g/mol. The molecule has 0 aromatic carbocycles. The fraction of sp³-hybridized carbons (Fsp3) is 0.500. The molecule has 0 spiro atoms. The summed E-state index contributed by atoms with van der Waals surface area (Å²) in [4.78, 5) is 3.80. The van der Waals surface area contributed by atoms with E-state index in [9.17, 15) is 0 Å². The second kappa shape index (κ2) is 2.77. The van der Waals surface area contributed by atoms with Crippen LogP contribution in [0.25, 0.3) is 0 Å². The summed E-state index contributed by atoms with van der Waals surface area (Å²) in [5, 5.41) is 0. The number of rotatable bonds is 0. The lowest BCUT2D eigenvalue weighted by Crippen LogP contribution is -2.25. The van der Waals surface area contributed by atoms with Crippen LogP contribution in [0, 0.1) is 0 Å². The third-order valence-corrected chi connectivity index (χ3v) is 3.39. The Bertz CT molecular complexity index is 269. The first kappa shape index (κ1) is 7.59. The van der Waals surface area contributed by atoms with Gasteiger partial charge in [0.2, 0.25) is 0 Å². The van der Waals surface area contributed by atoms with E-state index in [1.807, 2.05) is 0 Å². The molecule has 1 aliphatic rings. The molecule has 2 heterocycles. The highest BCUT2D eigenvalue weighted by Gasteiger charge is 2.15. The van der Waals surface area contributed by atoms with Crippen molar-refractivity contribution in [3.05, 3.63) is 20.8 Å². The minimum absolute atomic E-state index is 0.935. The average Bonchev–Trinajstić information content (AvgIpc) is 2.27. The van der Waals surface area contributed by atoms with E-state index in [-0.39, 0.29) is 0 Å². The molecule has 1 aliphatic heterocycles. The van der Waals surface area contributed by atoms with E-state index in [0.717, 1.165) is 10.9 Å². The van der Waals surface area contributed by atoms with Crippen molar-refractivity contribution < 1.29 is 0 Å². The molecule has 0 unspecified atom stereocenters. The first-order valence-electron chi connectivity index (χ1n) is 3.71. The van der Waals surface area contributed by atoms with Crippen molar-refractivity contribution in [2.75, 3.05) is 13.6 Å². The van der Waals surface area contributed by atoms with Crippen LogP contribution in [0.5, 0.6) is 0 Å². The van der Waals surface area contributed by atoms with Gasteiger partial charge in [-0.3, -0.25) is 0 Å². The quantitative estimate of drug-likeness (QED) is 0.603. The number of likely N-dealkylation sites (N-methyl/N-ethyl adjacent to an activating group) is 1. The predicted molar refractivity (Wildman–Crippen MR) is 49.4 cm³/mol. The molecule has 2 rings (SSSR count). The van der Waals surface area contributed by atoms with Crippen molar-refractivity contribution in [3.63, 3.8) is 0 Å². The van der Waals surface area contributed by atoms with Crippen LogP contribution in [0.1, 0.15) is 10.4 Å². The van der Waals surface area contributed by atoms with Crippen LogP contribution >= 0.6 is 22.9 Å². The van der Waals surface area contributed by atoms with Crippen LogP contribution < -0.4 is 0 Å². The lowest BCUT2D eigenvalue weighted by Gasteiger charge is -2.21. The van der Waals surface area contributed by atoms with Gasteiger partial charge >= 0.3 is 0 Å². The molecular formula is C8H10ClNS. The summed E-state index contributed by atoms with van der Waals surface area (Å²) in [5.74, 6) is 0. The number of thiophene rings is 1. The summed E-state index contributed by atoms with van der Waals surface area (Å²) in [5.41, 5.74) is 1.42. The molecular weight excluding hydrogens is 178 g/mol. The molecule has 0 bridgehead atoms. The van der Waals surface area contributed by atoms with Crippen molar-refractivity contribution in [1.29, 1.82) is 0 Å². The summed E-state index contributed by atoms with van der Waals surface area (Å²) in [6.07, 6.45) is 1.17. The maximum atomic E-state index is 5.90. The normalized spacial score (nSPS) is 18.4. The molecule has 1 nitrogen and oxygen atoms in total. The van der Waals surface area contributed by atoms with Crippen LogP contribution in [0.4, 0.5) is 0 Å². The van der Waals surface area contributed by atoms with E-state index in [0.29, 0.717) is 0 Å². The summed E-state index contributed by atoms with van der Waals surface area (Å²) in [6.45, 7) is 2.24. The monoisotopic (exact) mass is 187 g/mol. The van der Waals surface area contributed by atoms with Crippen molar-refractivity contribution in [3.8, 4) is 0 Å². The van der Waals surface area contributed by atoms with Crippen LogP contribution in [-0.2, 0) is 13.0 Å². The molecule has 0 atom stereocenters. The van der Waals surface area contributed by atoms with Gasteiger partial charge in [-0.2, -0.15) is 0 Å². The van der Waals surface area contributed by atoms with Gasteiger partial charge in [0.25, 0.3) is 0 Å². The lowest BCUT2D eigenvalue weighted by molar-refractivity contribution is 0.315. The maximum absolute atomic E-state index is 5.90. The van der Waals surface area contributed by atoms with Gasteiger partial charge in [0, 0.05) is 18.0 Å². The molecule has 11 heavy (non-hydrogen) atoms. The minimum Gasteiger partial charge on any atom is -0.302 e. The number of halogens is 1. The Morgan fingerprint density at radius 3 is 3.27 bits per heavy atom. The Kier molecular flexibility index (Phi) is 1.91. The van der Waals surface area contributed by atoms with E-state index in [2.05, 4.69) is 18.0 Å². The molecule has 60 valence electrons. The van der Waals surface area contributed by atoms with Crippen LogP contribution in [0.15, 0.2) is 6.07 Å². The lowest BCUT2D eigenvalue weighted by atomic mass is 10.1. The predicted octanol–water partition coefficient (Wildman–Crippen LogP) is 2.39. The molecule has 0 saturated heterocycles. The van der Waals surface area contributed by atoms with E-state index < -0.39 is 0 Å². The van der Waals surface area contributed by atoms with Crippen LogP contribution in [0.3, 0.4) is 0 Å². The van der Waals surface area contributed by atoms with Gasteiger partial charge in [-0.05, 0) is 25.1 Å². The highest BCUT2D eigenvalue weighted by Crippen LogP contribution is 2.30. The summed E-state index contributed by atoms with van der Waals surface area (Å²) in [7, 11) is 2.15. The van der Waals surface area contributed by atoms with Gasteiger partial charge in [-0.15, -0.1) is 11.3 Å². The molecule has 0 saturated carbocycles. The number of nitrogens with zero attached hydrogens (tertiary/aromatic N) is 1. The third kappa shape index (κ3) is 1.43. The number of hydrogen-bond donors (Lipinski definition) is 0. The van der Waals surface area contributed by atoms with Gasteiger partial charge in [-0.1, -0.05) is 11.6 Å². The van der Waals surface area contributed by atoms with E-state index in [1.54, 1.807) is 11.3 Å². The zero-order chi connectivity index (χ0) is 7.84. The van der Waals surface area contributed by atoms with E-state index in [4.69, 9.17) is 11.6 Å². The Hall–Kier alpha value is -0.0500. The molecule has 3 heteroatoms. The minimum atomic E-state index is 0.935. The van der Waals surface area contributed by atoms with Crippen molar-refractivity contribution in [2.24, 2.45) is 0 Å². The molecule has 0 amide bonds. The molecule has 0 fully saturated rings. The smallest absolute Gasteiger partial charge is 0.0934 e. The van der Waals surface area contributed by atoms with Crippen LogP contribution in [-0.4, -0.2) is 18.5 Å². The van der Waals surface area contributed by atoms with Crippen molar-refractivity contribution in [2.45, 2.75) is 13.0 Å². The molecule has 1 aromatic rings. The molecule has 0 radical (unpaired) electrons. The first-order chi connectivity index (χ1) is 5.25. The maximum Gasteiger partial charge on any atom is 0.0934 e. The zero-order valence-corrected chi connectivity index (χ0v) is 8.00. The standard InChI is InChI=1S/C8H10ClNS/c1-10-3-2-7-6(5-10)4-8(9)11-7/h4H,2-3,5H2,1H3.